The Morgan fingerprint density at radius 2 is 1.72 bits per heavy atom. The average molecular weight is 463 g/mol. The number of hydrogen-bond donors (Lipinski definition) is 1. The highest BCUT2D eigenvalue weighted by atomic mass is 32.2. The van der Waals surface area contributed by atoms with Crippen LogP contribution in [0.15, 0.2) is 48.5 Å². The van der Waals surface area contributed by atoms with E-state index < -0.39 is 16.1 Å². The maximum Gasteiger partial charge on any atom is 0.244 e. The minimum Gasteiger partial charge on any atom is -0.497 e. The van der Waals surface area contributed by atoms with Crippen molar-refractivity contribution in [2.75, 3.05) is 30.8 Å². The van der Waals surface area contributed by atoms with Gasteiger partial charge < -0.3 is 14.8 Å². The zero-order valence-corrected chi connectivity index (χ0v) is 20.5. The summed E-state index contributed by atoms with van der Waals surface area (Å²) in [6.45, 7) is 8.65. The van der Waals surface area contributed by atoms with Gasteiger partial charge in [-0.15, -0.1) is 0 Å². The number of hydrogen-bond acceptors (Lipinski definition) is 5. The molecule has 8 heteroatoms. The molecule has 1 atom stereocenters. The predicted molar refractivity (Wildman–Crippen MR) is 128 cm³/mol. The van der Waals surface area contributed by atoms with Crippen molar-refractivity contribution in [3.05, 3.63) is 54.1 Å². The number of sulfonamides is 1. The Balaban J connectivity index is 2.08. The Hall–Kier alpha value is -2.74. The molecule has 0 saturated heterocycles. The summed E-state index contributed by atoms with van der Waals surface area (Å²) in [7, 11) is -2.15. The summed E-state index contributed by atoms with van der Waals surface area (Å²) in [5.74, 6) is 1.01. The van der Waals surface area contributed by atoms with Crippen molar-refractivity contribution in [1.29, 1.82) is 0 Å². The van der Waals surface area contributed by atoms with Crippen LogP contribution in [-0.2, 0) is 20.2 Å². The van der Waals surface area contributed by atoms with Crippen molar-refractivity contribution in [2.24, 2.45) is 0 Å². The second-order valence-corrected chi connectivity index (χ2v) is 10.4. The number of amides is 1. The quantitative estimate of drug-likeness (QED) is 0.544. The van der Waals surface area contributed by atoms with E-state index in [1.807, 2.05) is 24.3 Å². The van der Waals surface area contributed by atoms with Crippen LogP contribution in [0, 0.1) is 0 Å². The van der Waals surface area contributed by atoms with Gasteiger partial charge >= 0.3 is 0 Å². The van der Waals surface area contributed by atoms with Gasteiger partial charge in [0.1, 0.15) is 24.1 Å². The molecule has 2 aromatic rings. The molecule has 0 unspecified atom stereocenters. The van der Waals surface area contributed by atoms with Crippen molar-refractivity contribution in [2.45, 2.75) is 45.6 Å². The highest BCUT2D eigenvalue weighted by Crippen LogP contribution is 2.31. The lowest BCUT2D eigenvalue weighted by molar-refractivity contribution is -0.122. The Labute approximate surface area is 191 Å². The summed E-state index contributed by atoms with van der Waals surface area (Å²) >= 11 is 0. The first-order chi connectivity index (χ1) is 15.0. The van der Waals surface area contributed by atoms with Gasteiger partial charge in [-0.3, -0.25) is 9.10 Å². The highest BCUT2D eigenvalue weighted by Gasteiger charge is 2.31. The predicted octanol–water partition coefficient (Wildman–Crippen LogP) is 3.73. The van der Waals surface area contributed by atoms with Crippen molar-refractivity contribution in [3.8, 4) is 11.5 Å². The number of carbonyl (C=O) groups excluding carboxylic acids is 1. The number of para-hydroxylation sites is 1. The zero-order valence-electron chi connectivity index (χ0n) is 19.7. The van der Waals surface area contributed by atoms with Crippen LogP contribution in [0.2, 0.25) is 0 Å². The van der Waals surface area contributed by atoms with Crippen LogP contribution in [0.5, 0.6) is 11.5 Å². The summed E-state index contributed by atoms with van der Waals surface area (Å²) in [5, 5.41) is 2.81. The molecule has 32 heavy (non-hydrogen) atoms. The smallest absolute Gasteiger partial charge is 0.244 e. The molecule has 7 nitrogen and oxygen atoms in total. The second-order valence-electron chi connectivity index (χ2n) is 8.57. The molecule has 2 aromatic carbocycles. The molecule has 0 radical (unpaired) electrons. The van der Waals surface area contributed by atoms with Crippen LogP contribution in [-0.4, -0.2) is 46.9 Å². The number of ether oxygens (including phenoxy) is 2. The normalized spacial score (nSPS) is 12.7. The molecule has 176 valence electrons. The maximum absolute atomic E-state index is 12.9. The van der Waals surface area contributed by atoms with E-state index >= 15 is 0 Å². The van der Waals surface area contributed by atoms with Crippen LogP contribution < -0.4 is 19.1 Å². The molecule has 0 bridgehead atoms. The number of rotatable bonds is 10. The topological polar surface area (TPSA) is 84.9 Å². The Morgan fingerprint density at radius 3 is 2.25 bits per heavy atom. The van der Waals surface area contributed by atoms with Crippen LogP contribution >= 0.6 is 0 Å². The number of carbonyl (C=O) groups is 1. The maximum atomic E-state index is 12.9. The van der Waals surface area contributed by atoms with Crippen molar-refractivity contribution in [1.82, 2.24) is 5.32 Å². The van der Waals surface area contributed by atoms with Crippen LogP contribution in [0.25, 0.3) is 0 Å². The fraction of sp³-hybridized carbons (Fsp3) is 0.458. The Kier molecular flexibility index (Phi) is 8.55. The van der Waals surface area contributed by atoms with E-state index in [0.29, 0.717) is 17.9 Å². The first-order valence-electron chi connectivity index (χ1n) is 10.6. The highest BCUT2D eigenvalue weighted by molar-refractivity contribution is 7.92. The molecule has 0 saturated carbocycles. The first kappa shape index (κ1) is 25.5. The number of nitrogens with zero attached hydrogens (tertiary/aromatic N) is 1. The van der Waals surface area contributed by atoms with E-state index in [9.17, 15) is 13.2 Å². The fourth-order valence-electron chi connectivity index (χ4n) is 3.45. The SMILES string of the molecule is CC[C@@H](C(=O)NCCOc1ccccc1C(C)(C)C)N(c1ccc(OC)cc1)S(C)(=O)=O. The molecule has 2 rings (SSSR count). The molecule has 0 heterocycles. The van der Waals surface area contributed by atoms with Gasteiger partial charge in [-0.2, -0.15) is 0 Å². The van der Waals surface area contributed by atoms with Crippen molar-refractivity contribution < 1.29 is 22.7 Å². The van der Waals surface area contributed by atoms with Gasteiger partial charge in [-0.1, -0.05) is 45.9 Å². The van der Waals surface area contributed by atoms with Crippen LogP contribution in [0.1, 0.15) is 39.7 Å². The van der Waals surface area contributed by atoms with Gasteiger partial charge in [0, 0.05) is 0 Å². The lowest BCUT2D eigenvalue weighted by atomic mass is 9.86. The minimum atomic E-state index is -3.69. The van der Waals surface area contributed by atoms with Crippen molar-refractivity contribution >= 4 is 21.6 Å². The van der Waals surface area contributed by atoms with E-state index in [4.69, 9.17) is 9.47 Å². The Bertz CT molecular complexity index is 998. The number of benzene rings is 2. The van der Waals surface area contributed by atoms with E-state index in [1.165, 1.54) is 7.11 Å². The largest absolute Gasteiger partial charge is 0.497 e. The molecule has 0 aliphatic carbocycles. The van der Waals surface area contributed by atoms with Gasteiger partial charge in [-0.25, -0.2) is 8.42 Å². The van der Waals surface area contributed by atoms with Crippen molar-refractivity contribution in [3.63, 3.8) is 0 Å². The minimum absolute atomic E-state index is 0.0680. The number of methoxy groups -OCH3 is 1. The van der Waals surface area contributed by atoms with Gasteiger partial charge in [0.05, 0.1) is 25.6 Å². The fourth-order valence-corrected chi connectivity index (χ4v) is 4.67. The monoisotopic (exact) mass is 462 g/mol. The molecule has 0 fully saturated rings. The molecule has 0 spiro atoms. The summed E-state index contributed by atoms with van der Waals surface area (Å²) in [6.07, 6.45) is 1.42. The molecule has 0 aromatic heterocycles. The molecule has 0 aliphatic rings. The summed E-state index contributed by atoms with van der Waals surface area (Å²) in [4.78, 5) is 12.9. The molecule has 0 aliphatic heterocycles. The Morgan fingerprint density at radius 1 is 1.09 bits per heavy atom. The third-order valence-electron chi connectivity index (χ3n) is 5.01. The van der Waals surface area contributed by atoms with Crippen LogP contribution in [0.3, 0.4) is 0 Å². The summed E-state index contributed by atoms with van der Waals surface area (Å²) in [6, 6.07) is 13.5. The van der Waals surface area contributed by atoms with Gasteiger partial charge in [0.2, 0.25) is 15.9 Å². The lowest BCUT2D eigenvalue weighted by Crippen LogP contribution is -2.50. The van der Waals surface area contributed by atoms with E-state index in [-0.39, 0.29) is 24.5 Å². The average Bonchev–Trinajstić information content (AvgIpc) is 2.73. The third-order valence-corrected chi connectivity index (χ3v) is 6.19. The summed E-state index contributed by atoms with van der Waals surface area (Å²) < 4.78 is 37.2. The third kappa shape index (κ3) is 6.63. The van der Waals surface area contributed by atoms with Crippen LogP contribution in [0.4, 0.5) is 5.69 Å². The van der Waals surface area contributed by atoms with E-state index in [0.717, 1.165) is 21.9 Å². The van der Waals surface area contributed by atoms with E-state index in [1.54, 1.807) is 31.2 Å². The zero-order chi connectivity index (χ0) is 23.9. The number of nitrogens with one attached hydrogen (secondary N) is 1. The molecule has 1 N–H and O–H groups in total. The molecular formula is C24H34N2O5S. The van der Waals surface area contributed by atoms with Gasteiger partial charge in [-0.05, 0) is 47.7 Å². The lowest BCUT2D eigenvalue weighted by Gasteiger charge is -2.30. The number of anilines is 1. The second kappa shape index (κ2) is 10.7. The van der Waals surface area contributed by atoms with Gasteiger partial charge in [0.25, 0.3) is 0 Å². The first-order valence-corrected chi connectivity index (χ1v) is 12.5. The molecule has 1 amide bonds. The molecular weight excluding hydrogens is 428 g/mol. The van der Waals surface area contributed by atoms with E-state index in [2.05, 4.69) is 26.1 Å². The summed E-state index contributed by atoms with van der Waals surface area (Å²) in [5.41, 5.74) is 1.42. The standard InChI is InChI=1S/C24H34N2O5S/c1-7-21(26(32(6,28)29)18-12-14-19(30-5)15-13-18)23(27)25-16-17-31-22-11-9-8-10-20(22)24(2,3)4/h8-15,21H,7,16-17H2,1-6H3,(H,25,27)/t21-/m0/s1. The van der Waals surface area contributed by atoms with Gasteiger partial charge in [0.15, 0.2) is 0 Å².